The Morgan fingerprint density at radius 1 is 1.11 bits per heavy atom. The van der Waals surface area contributed by atoms with E-state index in [4.69, 9.17) is 14.2 Å². The molecule has 5 heterocycles. The van der Waals surface area contributed by atoms with Gasteiger partial charge in [-0.1, -0.05) is 0 Å². The highest BCUT2D eigenvalue weighted by Gasteiger charge is 2.38. The number of hydrogen-bond acceptors (Lipinski definition) is 13. The fourth-order valence-electron chi connectivity index (χ4n) is 4.50. The summed E-state index contributed by atoms with van der Waals surface area (Å²) in [6.45, 7) is 0.554. The molecule has 204 valence electrons. The third-order valence-corrected chi connectivity index (χ3v) is 7.91. The average molecular weight is 552 g/mol. The predicted octanol–water partition coefficient (Wildman–Crippen LogP) is 0.237. The van der Waals surface area contributed by atoms with Gasteiger partial charge < -0.3 is 24.2 Å². The molecule has 0 bridgehead atoms. The van der Waals surface area contributed by atoms with Crippen molar-refractivity contribution in [2.24, 2.45) is 0 Å². The molecule has 3 aromatic rings. The SMILES string of the molecule is COc1ncnc(OC)c1-n1c(NS(=O)(=O)C2C[C@H](O)CN(c3ncc(F)cn3)C2)nnc1[C@@H]1CCCO1. The topological polar surface area (TPSA) is 180 Å². The lowest BCUT2D eigenvalue weighted by atomic mass is 10.1. The zero-order chi connectivity index (χ0) is 26.9. The Labute approximate surface area is 217 Å². The van der Waals surface area contributed by atoms with E-state index in [9.17, 15) is 17.9 Å². The number of methoxy groups -OCH3 is 2. The van der Waals surface area contributed by atoms with Crippen LogP contribution in [0.3, 0.4) is 0 Å². The third-order valence-electron chi connectivity index (χ3n) is 6.22. The molecule has 3 aromatic heterocycles. The normalized spacial score (nSPS) is 21.9. The van der Waals surface area contributed by atoms with Gasteiger partial charge in [0.25, 0.3) is 0 Å². The summed E-state index contributed by atoms with van der Waals surface area (Å²) in [6.07, 6.45) is 3.12. The highest BCUT2D eigenvalue weighted by Crippen LogP contribution is 2.37. The summed E-state index contributed by atoms with van der Waals surface area (Å²) in [5, 5.41) is 17.7. The van der Waals surface area contributed by atoms with Crippen molar-refractivity contribution in [3.8, 4) is 17.4 Å². The van der Waals surface area contributed by atoms with Gasteiger partial charge in [-0.3, -0.25) is 9.29 Å². The van der Waals surface area contributed by atoms with Crippen LogP contribution in [0.2, 0.25) is 0 Å². The van der Waals surface area contributed by atoms with Crippen LogP contribution in [0.4, 0.5) is 16.3 Å². The number of ether oxygens (including phenoxy) is 3. The molecule has 1 unspecified atom stereocenters. The first-order valence-corrected chi connectivity index (χ1v) is 13.3. The van der Waals surface area contributed by atoms with E-state index < -0.39 is 33.3 Å². The van der Waals surface area contributed by atoms with Gasteiger partial charge in [-0.05, 0) is 19.3 Å². The van der Waals surface area contributed by atoms with E-state index in [1.165, 1.54) is 30.0 Å². The second-order valence-corrected chi connectivity index (χ2v) is 10.7. The molecular formula is C21H26FN9O6S. The van der Waals surface area contributed by atoms with Gasteiger partial charge in [0.15, 0.2) is 17.3 Å². The molecule has 0 saturated carbocycles. The summed E-state index contributed by atoms with van der Waals surface area (Å²) >= 11 is 0. The van der Waals surface area contributed by atoms with E-state index >= 15 is 0 Å². The Morgan fingerprint density at radius 3 is 2.45 bits per heavy atom. The Kier molecular flexibility index (Phi) is 7.22. The molecule has 0 radical (unpaired) electrons. The number of β-amino-alcohol motifs (C(OH)–C–C–N with tert-alkyl or cyclic N) is 1. The number of piperidine rings is 1. The van der Waals surface area contributed by atoms with Gasteiger partial charge in [-0.25, -0.2) is 22.8 Å². The standard InChI is InChI=1S/C21H26FN9O6S/c1-35-18-16(19(36-2)26-11-25-18)31-17(15-4-3-5-37-15)27-28-21(31)29-38(33,34)14-6-13(32)9-30(10-14)20-23-7-12(22)8-24-20/h7-8,11,13-15,32H,3-6,9-10H2,1-2H3,(H,28,29)/t13-,14?,15-/m0/s1. The maximum atomic E-state index is 13.6. The van der Waals surface area contributed by atoms with E-state index in [0.717, 1.165) is 18.8 Å². The summed E-state index contributed by atoms with van der Waals surface area (Å²) in [5.74, 6) is -0.171. The molecule has 0 aliphatic carbocycles. The van der Waals surface area contributed by atoms with Crippen LogP contribution in [-0.4, -0.2) is 93.5 Å². The lowest BCUT2D eigenvalue weighted by Gasteiger charge is -2.35. The van der Waals surface area contributed by atoms with Gasteiger partial charge in [0.05, 0.1) is 32.7 Å². The zero-order valence-electron chi connectivity index (χ0n) is 20.6. The Morgan fingerprint density at radius 2 is 1.82 bits per heavy atom. The van der Waals surface area contributed by atoms with Gasteiger partial charge in [0.2, 0.25) is 33.7 Å². The van der Waals surface area contributed by atoms with Crippen LogP contribution in [0, 0.1) is 5.82 Å². The monoisotopic (exact) mass is 551 g/mol. The zero-order valence-corrected chi connectivity index (χ0v) is 21.4. The molecule has 0 aromatic carbocycles. The van der Waals surface area contributed by atoms with Gasteiger partial charge >= 0.3 is 0 Å². The number of nitrogens with zero attached hydrogens (tertiary/aromatic N) is 8. The fourth-order valence-corrected chi connectivity index (χ4v) is 5.91. The Balaban J connectivity index is 1.51. The summed E-state index contributed by atoms with van der Waals surface area (Å²) < 4.78 is 61.0. The molecule has 0 amide bonds. The molecule has 5 rings (SSSR count). The van der Waals surface area contributed by atoms with Crippen molar-refractivity contribution < 1.29 is 32.1 Å². The first-order valence-electron chi connectivity index (χ1n) is 11.7. The molecule has 2 N–H and O–H groups in total. The molecule has 2 saturated heterocycles. The third kappa shape index (κ3) is 5.03. The van der Waals surface area contributed by atoms with Gasteiger partial charge in [-0.15, -0.1) is 10.2 Å². The smallest absolute Gasteiger partial charge is 0.245 e. The van der Waals surface area contributed by atoms with Crippen molar-refractivity contribution in [1.82, 2.24) is 34.7 Å². The van der Waals surface area contributed by atoms with Crippen molar-refractivity contribution in [2.75, 3.05) is 43.5 Å². The van der Waals surface area contributed by atoms with E-state index in [0.29, 0.717) is 18.9 Å². The largest absolute Gasteiger partial charge is 0.479 e. The van der Waals surface area contributed by atoms with Crippen molar-refractivity contribution >= 4 is 21.9 Å². The first-order chi connectivity index (χ1) is 18.3. The molecule has 17 heteroatoms. The first kappa shape index (κ1) is 25.9. The number of hydrogen-bond donors (Lipinski definition) is 2. The van der Waals surface area contributed by atoms with Crippen LogP contribution in [0.25, 0.3) is 5.69 Å². The van der Waals surface area contributed by atoms with E-state index in [1.807, 2.05) is 0 Å². The van der Waals surface area contributed by atoms with Crippen molar-refractivity contribution in [1.29, 1.82) is 0 Å². The van der Waals surface area contributed by atoms with Gasteiger partial charge in [-0.2, -0.15) is 9.97 Å². The summed E-state index contributed by atoms with van der Waals surface area (Å²) in [7, 11) is -1.36. The molecule has 3 atom stereocenters. The average Bonchev–Trinajstić information content (AvgIpc) is 3.58. The minimum absolute atomic E-state index is 0.0498. The van der Waals surface area contributed by atoms with Crippen molar-refractivity contribution in [3.63, 3.8) is 0 Å². The maximum absolute atomic E-state index is 13.6. The van der Waals surface area contributed by atoms with Crippen LogP contribution in [0.5, 0.6) is 11.8 Å². The fraction of sp³-hybridized carbons (Fsp3) is 0.524. The molecular weight excluding hydrogens is 525 g/mol. The van der Waals surface area contributed by atoms with Crippen LogP contribution < -0.4 is 19.1 Å². The number of anilines is 2. The number of halogens is 1. The van der Waals surface area contributed by atoms with E-state index in [2.05, 4.69) is 34.9 Å². The molecule has 38 heavy (non-hydrogen) atoms. The number of aliphatic hydroxyl groups excluding tert-OH is 1. The summed E-state index contributed by atoms with van der Waals surface area (Å²) in [6, 6.07) is 0. The van der Waals surface area contributed by atoms with Crippen LogP contribution in [-0.2, 0) is 14.8 Å². The van der Waals surface area contributed by atoms with Crippen LogP contribution in [0.1, 0.15) is 31.2 Å². The van der Waals surface area contributed by atoms with Gasteiger partial charge in [0, 0.05) is 19.7 Å². The maximum Gasteiger partial charge on any atom is 0.245 e. The quantitative estimate of drug-likeness (QED) is 0.389. The minimum atomic E-state index is -4.17. The molecule has 2 aliphatic heterocycles. The number of aromatic nitrogens is 7. The van der Waals surface area contributed by atoms with Crippen molar-refractivity contribution in [2.45, 2.75) is 36.7 Å². The molecule has 15 nitrogen and oxygen atoms in total. The van der Waals surface area contributed by atoms with E-state index in [-0.39, 0.29) is 48.9 Å². The number of aliphatic hydroxyl groups is 1. The van der Waals surface area contributed by atoms with Crippen molar-refractivity contribution in [3.05, 3.63) is 30.4 Å². The highest BCUT2D eigenvalue weighted by molar-refractivity contribution is 7.93. The number of rotatable bonds is 8. The van der Waals surface area contributed by atoms with Crippen LogP contribution >= 0.6 is 0 Å². The predicted molar refractivity (Wildman–Crippen MR) is 129 cm³/mol. The Hall–Kier alpha value is -3.70. The second-order valence-electron chi connectivity index (χ2n) is 8.72. The number of nitrogens with one attached hydrogen (secondary N) is 1. The van der Waals surface area contributed by atoms with Gasteiger partial charge in [0.1, 0.15) is 17.7 Å². The molecule has 2 fully saturated rings. The molecule has 0 spiro atoms. The lowest BCUT2D eigenvalue weighted by molar-refractivity contribution is 0.103. The number of sulfonamides is 1. The minimum Gasteiger partial charge on any atom is -0.479 e. The summed E-state index contributed by atoms with van der Waals surface area (Å²) in [5.41, 5.74) is 0.190. The second kappa shape index (κ2) is 10.6. The lowest BCUT2D eigenvalue weighted by Crippen LogP contribution is -2.50. The van der Waals surface area contributed by atoms with E-state index in [1.54, 1.807) is 0 Å². The highest BCUT2D eigenvalue weighted by atomic mass is 32.2. The molecule has 2 aliphatic rings. The summed E-state index contributed by atoms with van der Waals surface area (Å²) in [4.78, 5) is 17.6. The van der Waals surface area contributed by atoms with Crippen LogP contribution in [0.15, 0.2) is 18.7 Å². The Bertz CT molecular complexity index is 1360.